The number of anilines is 2. The highest BCUT2D eigenvalue weighted by Gasteiger charge is 2.18. The molecule has 7 nitrogen and oxygen atoms in total. The smallest absolute Gasteiger partial charge is 0.277 e. The standard InChI is InChI=1S/C10H11ClN6O/c1-5-8(12)9(17(2)16-5)10(18)15-7-3-6(11)13-4-14-7/h3-4H,12H2,1-2H3,(H,13,14,15,18). The average molecular weight is 267 g/mol. The molecule has 0 saturated heterocycles. The van der Waals surface area contributed by atoms with Crippen LogP contribution in [0.2, 0.25) is 5.15 Å². The van der Waals surface area contributed by atoms with Crippen molar-refractivity contribution in [3.8, 4) is 0 Å². The highest BCUT2D eigenvalue weighted by molar-refractivity contribution is 6.29. The molecule has 94 valence electrons. The number of aromatic nitrogens is 4. The largest absolute Gasteiger partial charge is 0.395 e. The third kappa shape index (κ3) is 2.25. The van der Waals surface area contributed by atoms with E-state index in [9.17, 15) is 4.79 Å². The molecule has 0 unspecified atom stereocenters. The molecule has 2 aromatic rings. The van der Waals surface area contributed by atoms with Crippen LogP contribution in [0, 0.1) is 6.92 Å². The molecule has 0 saturated carbocycles. The summed E-state index contributed by atoms with van der Waals surface area (Å²) in [4.78, 5) is 19.6. The lowest BCUT2D eigenvalue weighted by molar-refractivity contribution is 0.101. The van der Waals surface area contributed by atoms with E-state index in [1.54, 1.807) is 14.0 Å². The molecule has 0 aliphatic carbocycles. The van der Waals surface area contributed by atoms with Gasteiger partial charge in [0.2, 0.25) is 0 Å². The number of nitrogens with one attached hydrogen (secondary N) is 1. The number of nitrogen functional groups attached to an aromatic ring is 1. The molecule has 18 heavy (non-hydrogen) atoms. The molecule has 2 heterocycles. The number of hydrogen-bond acceptors (Lipinski definition) is 5. The topological polar surface area (TPSA) is 98.7 Å². The molecule has 0 spiro atoms. The van der Waals surface area contributed by atoms with Gasteiger partial charge in [-0.05, 0) is 6.92 Å². The van der Waals surface area contributed by atoms with Gasteiger partial charge in [-0.1, -0.05) is 11.6 Å². The Labute approximate surface area is 108 Å². The molecule has 2 rings (SSSR count). The first-order chi connectivity index (χ1) is 8.49. The summed E-state index contributed by atoms with van der Waals surface area (Å²) >= 11 is 5.70. The normalized spacial score (nSPS) is 10.4. The van der Waals surface area contributed by atoms with Crippen LogP contribution < -0.4 is 11.1 Å². The predicted octanol–water partition coefficient (Wildman–Crippen LogP) is 1.01. The molecule has 2 aromatic heterocycles. The molecular weight excluding hydrogens is 256 g/mol. The van der Waals surface area contributed by atoms with Crippen molar-refractivity contribution in [1.82, 2.24) is 19.7 Å². The lowest BCUT2D eigenvalue weighted by atomic mass is 10.3. The van der Waals surface area contributed by atoms with Crippen molar-refractivity contribution in [2.24, 2.45) is 7.05 Å². The molecule has 8 heteroatoms. The van der Waals surface area contributed by atoms with Crippen LogP contribution in [0.25, 0.3) is 0 Å². The number of rotatable bonds is 2. The minimum atomic E-state index is -0.398. The Morgan fingerprint density at radius 3 is 2.78 bits per heavy atom. The monoisotopic (exact) mass is 266 g/mol. The SMILES string of the molecule is Cc1nn(C)c(C(=O)Nc2cc(Cl)ncn2)c1N. The van der Waals surface area contributed by atoms with Crippen LogP contribution in [0.5, 0.6) is 0 Å². The Kier molecular flexibility index (Phi) is 3.15. The summed E-state index contributed by atoms with van der Waals surface area (Å²) in [6.07, 6.45) is 1.26. The highest BCUT2D eigenvalue weighted by atomic mass is 35.5. The maximum Gasteiger partial charge on any atom is 0.277 e. The second kappa shape index (κ2) is 4.61. The van der Waals surface area contributed by atoms with Crippen molar-refractivity contribution in [3.63, 3.8) is 0 Å². The number of aryl methyl sites for hydroxylation is 2. The van der Waals surface area contributed by atoms with Gasteiger partial charge in [-0.25, -0.2) is 9.97 Å². The zero-order valence-electron chi connectivity index (χ0n) is 9.81. The van der Waals surface area contributed by atoms with E-state index >= 15 is 0 Å². The van der Waals surface area contributed by atoms with Crippen molar-refractivity contribution in [2.75, 3.05) is 11.1 Å². The van der Waals surface area contributed by atoms with Gasteiger partial charge in [0.05, 0.1) is 11.4 Å². The van der Waals surface area contributed by atoms with E-state index in [2.05, 4.69) is 20.4 Å². The molecule has 0 bridgehead atoms. The molecule has 0 radical (unpaired) electrons. The zero-order chi connectivity index (χ0) is 13.3. The van der Waals surface area contributed by atoms with Crippen molar-refractivity contribution in [2.45, 2.75) is 6.92 Å². The minimum absolute atomic E-state index is 0.245. The molecular formula is C10H11ClN6O. The maximum atomic E-state index is 12.0. The Balaban J connectivity index is 2.27. The van der Waals surface area contributed by atoms with Gasteiger partial charge in [-0.15, -0.1) is 0 Å². The second-order valence-electron chi connectivity index (χ2n) is 3.65. The summed E-state index contributed by atoms with van der Waals surface area (Å²) in [6, 6.07) is 1.44. The minimum Gasteiger partial charge on any atom is -0.395 e. The van der Waals surface area contributed by atoms with Gasteiger partial charge in [-0.3, -0.25) is 9.48 Å². The second-order valence-corrected chi connectivity index (χ2v) is 4.04. The Morgan fingerprint density at radius 1 is 1.50 bits per heavy atom. The van der Waals surface area contributed by atoms with Crippen LogP contribution in [0.15, 0.2) is 12.4 Å². The van der Waals surface area contributed by atoms with Crippen LogP contribution in [0.3, 0.4) is 0 Å². The molecule has 0 aliphatic rings. The van der Waals surface area contributed by atoms with Gasteiger partial charge < -0.3 is 11.1 Å². The first-order valence-electron chi connectivity index (χ1n) is 5.07. The molecule has 3 N–H and O–H groups in total. The summed E-state index contributed by atoms with van der Waals surface area (Å²) < 4.78 is 1.42. The first kappa shape index (κ1) is 12.3. The van der Waals surface area contributed by atoms with Crippen molar-refractivity contribution < 1.29 is 4.79 Å². The van der Waals surface area contributed by atoms with E-state index in [1.165, 1.54) is 17.1 Å². The molecule has 0 aromatic carbocycles. The fourth-order valence-corrected chi connectivity index (χ4v) is 1.67. The number of halogens is 1. The number of hydrogen-bond donors (Lipinski definition) is 2. The Bertz CT molecular complexity index is 608. The van der Waals surface area contributed by atoms with E-state index in [0.29, 0.717) is 17.2 Å². The van der Waals surface area contributed by atoms with Crippen LogP contribution >= 0.6 is 11.6 Å². The van der Waals surface area contributed by atoms with Crippen LogP contribution in [-0.4, -0.2) is 25.7 Å². The van der Waals surface area contributed by atoms with Gasteiger partial charge in [-0.2, -0.15) is 5.10 Å². The van der Waals surface area contributed by atoms with Crippen LogP contribution in [0.4, 0.5) is 11.5 Å². The van der Waals surface area contributed by atoms with E-state index in [0.717, 1.165) is 0 Å². The third-order valence-electron chi connectivity index (χ3n) is 2.36. The third-order valence-corrected chi connectivity index (χ3v) is 2.57. The van der Waals surface area contributed by atoms with Gasteiger partial charge in [0.25, 0.3) is 5.91 Å². The fraction of sp³-hybridized carbons (Fsp3) is 0.200. The maximum absolute atomic E-state index is 12.0. The van der Waals surface area contributed by atoms with Gasteiger partial charge in [0.1, 0.15) is 23.0 Å². The average Bonchev–Trinajstić information content (AvgIpc) is 2.53. The number of nitrogens with two attached hydrogens (primary N) is 1. The Hall–Kier alpha value is -2.15. The molecule has 0 aliphatic heterocycles. The first-order valence-corrected chi connectivity index (χ1v) is 5.45. The lowest BCUT2D eigenvalue weighted by Crippen LogP contribution is -2.18. The van der Waals surface area contributed by atoms with Gasteiger partial charge in [0, 0.05) is 13.1 Å². The van der Waals surface area contributed by atoms with E-state index < -0.39 is 5.91 Å². The summed E-state index contributed by atoms with van der Waals surface area (Å²) in [5.41, 5.74) is 7.01. The van der Waals surface area contributed by atoms with Crippen LogP contribution in [-0.2, 0) is 7.05 Å². The summed E-state index contributed by atoms with van der Waals surface area (Å²) in [6.45, 7) is 1.73. The number of carbonyl (C=O) groups excluding carboxylic acids is 1. The molecule has 1 amide bonds. The summed E-state index contributed by atoms with van der Waals surface area (Å²) in [7, 11) is 1.64. The Morgan fingerprint density at radius 2 is 2.22 bits per heavy atom. The lowest BCUT2D eigenvalue weighted by Gasteiger charge is -2.05. The number of carbonyl (C=O) groups is 1. The van der Waals surface area contributed by atoms with Crippen LogP contribution in [0.1, 0.15) is 16.2 Å². The van der Waals surface area contributed by atoms with E-state index in [4.69, 9.17) is 17.3 Å². The van der Waals surface area contributed by atoms with Crippen molar-refractivity contribution >= 4 is 29.0 Å². The van der Waals surface area contributed by atoms with E-state index in [-0.39, 0.29) is 10.8 Å². The van der Waals surface area contributed by atoms with Gasteiger partial charge in [0.15, 0.2) is 0 Å². The number of amides is 1. The van der Waals surface area contributed by atoms with Crippen molar-refractivity contribution in [3.05, 3.63) is 28.9 Å². The van der Waals surface area contributed by atoms with Gasteiger partial charge >= 0.3 is 0 Å². The highest BCUT2D eigenvalue weighted by Crippen LogP contribution is 2.17. The number of nitrogens with zero attached hydrogens (tertiary/aromatic N) is 4. The fourth-order valence-electron chi connectivity index (χ4n) is 1.52. The summed E-state index contributed by atoms with van der Waals surface area (Å²) in [5, 5.41) is 6.89. The quantitative estimate of drug-likeness (QED) is 0.790. The van der Waals surface area contributed by atoms with E-state index in [1.807, 2.05) is 0 Å². The predicted molar refractivity (Wildman–Crippen MR) is 67.4 cm³/mol. The molecule has 0 atom stereocenters. The zero-order valence-corrected chi connectivity index (χ0v) is 10.6. The molecule has 0 fully saturated rings. The summed E-state index contributed by atoms with van der Waals surface area (Å²) in [5.74, 6) is -0.0939. The van der Waals surface area contributed by atoms with Crippen molar-refractivity contribution in [1.29, 1.82) is 0 Å².